The van der Waals surface area contributed by atoms with E-state index < -0.39 is 5.97 Å². The SMILES string of the molecule is O=C(O)CSc1ncc(-c2ccc(F)c(Br)c2)[nH]1. The molecule has 0 spiro atoms. The number of thioether (sulfide) groups is 1. The van der Waals surface area contributed by atoms with E-state index in [1.807, 2.05) is 0 Å². The molecule has 0 unspecified atom stereocenters. The molecular formula is C11H8BrFN2O2S. The van der Waals surface area contributed by atoms with Gasteiger partial charge in [-0.3, -0.25) is 4.79 Å². The first-order valence-electron chi connectivity index (χ1n) is 4.91. The lowest BCUT2D eigenvalue weighted by Gasteiger charge is -1.99. The van der Waals surface area contributed by atoms with Crippen LogP contribution in [0.3, 0.4) is 0 Å². The number of halogens is 2. The zero-order valence-electron chi connectivity index (χ0n) is 8.98. The molecule has 2 N–H and O–H groups in total. The largest absolute Gasteiger partial charge is 0.481 e. The van der Waals surface area contributed by atoms with E-state index in [0.717, 1.165) is 17.3 Å². The molecule has 0 aliphatic heterocycles. The van der Waals surface area contributed by atoms with Gasteiger partial charge in [-0.15, -0.1) is 0 Å². The Morgan fingerprint density at radius 1 is 1.56 bits per heavy atom. The Morgan fingerprint density at radius 3 is 3.00 bits per heavy atom. The van der Waals surface area contributed by atoms with Gasteiger partial charge in [0.25, 0.3) is 0 Å². The Balaban J connectivity index is 2.18. The molecule has 0 fully saturated rings. The first-order valence-corrected chi connectivity index (χ1v) is 6.69. The molecular weight excluding hydrogens is 323 g/mol. The van der Waals surface area contributed by atoms with E-state index in [1.54, 1.807) is 18.3 Å². The van der Waals surface area contributed by atoms with Crippen LogP contribution in [0.5, 0.6) is 0 Å². The van der Waals surface area contributed by atoms with Crippen molar-refractivity contribution in [2.45, 2.75) is 5.16 Å². The topological polar surface area (TPSA) is 66.0 Å². The number of hydrogen-bond acceptors (Lipinski definition) is 3. The van der Waals surface area contributed by atoms with Crippen molar-refractivity contribution in [3.8, 4) is 11.3 Å². The summed E-state index contributed by atoms with van der Waals surface area (Å²) in [6.07, 6.45) is 1.59. The number of aromatic nitrogens is 2. The Hall–Kier alpha value is -1.34. The summed E-state index contributed by atoms with van der Waals surface area (Å²) < 4.78 is 13.5. The monoisotopic (exact) mass is 330 g/mol. The van der Waals surface area contributed by atoms with Crippen LogP contribution in [0.15, 0.2) is 34.0 Å². The van der Waals surface area contributed by atoms with Gasteiger partial charge in [0.2, 0.25) is 0 Å². The van der Waals surface area contributed by atoms with Crippen LogP contribution < -0.4 is 0 Å². The first-order chi connectivity index (χ1) is 8.56. The first kappa shape index (κ1) is 13.1. The van der Waals surface area contributed by atoms with Gasteiger partial charge in [0.1, 0.15) is 5.82 Å². The molecule has 0 saturated heterocycles. The molecule has 1 heterocycles. The predicted octanol–water partition coefficient (Wildman–Crippen LogP) is 3.16. The molecule has 0 aliphatic rings. The molecule has 0 aliphatic carbocycles. The molecule has 18 heavy (non-hydrogen) atoms. The lowest BCUT2D eigenvalue weighted by molar-refractivity contribution is -0.133. The number of nitrogens with one attached hydrogen (secondary N) is 1. The summed E-state index contributed by atoms with van der Waals surface area (Å²) in [6, 6.07) is 4.61. The second-order valence-electron chi connectivity index (χ2n) is 3.41. The van der Waals surface area contributed by atoms with Gasteiger partial charge in [-0.2, -0.15) is 0 Å². The summed E-state index contributed by atoms with van der Waals surface area (Å²) in [5.74, 6) is -1.29. The summed E-state index contributed by atoms with van der Waals surface area (Å²) in [6.45, 7) is 0. The number of benzene rings is 1. The van der Waals surface area contributed by atoms with E-state index in [-0.39, 0.29) is 11.6 Å². The maximum atomic E-state index is 13.1. The summed E-state index contributed by atoms with van der Waals surface area (Å²) >= 11 is 4.21. The fourth-order valence-corrected chi connectivity index (χ4v) is 2.27. The standard InChI is InChI=1S/C11H8BrFN2O2S/c12-7-3-6(1-2-8(7)13)9-4-14-11(15-9)18-5-10(16)17/h1-4H,5H2,(H,14,15)(H,16,17). The molecule has 2 aromatic rings. The molecule has 7 heteroatoms. The van der Waals surface area contributed by atoms with Crippen LogP contribution in [0.4, 0.5) is 4.39 Å². The predicted molar refractivity (Wildman–Crippen MR) is 70.0 cm³/mol. The Kier molecular flexibility index (Phi) is 4.03. The van der Waals surface area contributed by atoms with E-state index in [1.165, 1.54) is 6.07 Å². The number of aromatic amines is 1. The fourth-order valence-electron chi connectivity index (χ4n) is 1.32. The van der Waals surface area contributed by atoms with Crippen LogP contribution in [-0.2, 0) is 4.79 Å². The minimum absolute atomic E-state index is 0.0555. The van der Waals surface area contributed by atoms with Gasteiger partial charge in [0, 0.05) is 5.56 Å². The minimum atomic E-state index is -0.900. The smallest absolute Gasteiger partial charge is 0.313 e. The normalized spacial score (nSPS) is 10.6. The zero-order valence-corrected chi connectivity index (χ0v) is 11.4. The average Bonchev–Trinajstić information content (AvgIpc) is 2.79. The average molecular weight is 331 g/mol. The van der Waals surface area contributed by atoms with E-state index >= 15 is 0 Å². The third kappa shape index (κ3) is 3.11. The minimum Gasteiger partial charge on any atom is -0.481 e. The van der Waals surface area contributed by atoms with E-state index in [2.05, 4.69) is 25.9 Å². The highest BCUT2D eigenvalue weighted by molar-refractivity contribution is 9.10. The van der Waals surface area contributed by atoms with Gasteiger partial charge in [0.15, 0.2) is 5.16 Å². The summed E-state index contributed by atoms with van der Waals surface area (Å²) in [5, 5.41) is 9.08. The van der Waals surface area contributed by atoms with Gasteiger partial charge in [-0.25, -0.2) is 9.37 Å². The van der Waals surface area contributed by atoms with Gasteiger partial charge in [-0.1, -0.05) is 11.8 Å². The third-order valence-electron chi connectivity index (χ3n) is 2.12. The van der Waals surface area contributed by atoms with Crippen molar-refractivity contribution in [2.75, 3.05) is 5.75 Å². The van der Waals surface area contributed by atoms with Gasteiger partial charge < -0.3 is 10.1 Å². The van der Waals surface area contributed by atoms with Crippen molar-refractivity contribution in [3.63, 3.8) is 0 Å². The quantitative estimate of drug-likeness (QED) is 0.845. The molecule has 0 atom stereocenters. The molecule has 0 amide bonds. The highest BCUT2D eigenvalue weighted by Gasteiger charge is 2.07. The Labute approximate surface area is 115 Å². The summed E-state index contributed by atoms with van der Waals surface area (Å²) in [4.78, 5) is 17.4. The van der Waals surface area contributed by atoms with Gasteiger partial charge in [-0.05, 0) is 34.1 Å². The number of rotatable bonds is 4. The summed E-state index contributed by atoms with van der Waals surface area (Å²) in [7, 11) is 0. The van der Waals surface area contributed by atoms with Gasteiger partial charge in [0.05, 0.1) is 22.1 Å². The van der Waals surface area contributed by atoms with Crippen LogP contribution in [0.25, 0.3) is 11.3 Å². The van der Waals surface area contributed by atoms with Crippen molar-refractivity contribution >= 4 is 33.7 Å². The fraction of sp³-hybridized carbons (Fsp3) is 0.0909. The zero-order chi connectivity index (χ0) is 13.1. The molecule has 4 nitrogen and oxygen atoms in total. The Bertz CT molecular complexity index is 588. The van der Waals surface area contributed by atoms with Crippen LogP contribution in [0, 0.1) is 5.82 Å². The van der Waals surface area contributed by atoms with Crippen LogP contribution in [0.2, 0.25) is 0 Å². The molecule has 0 bridgehead atoms. The number of hydrogen-bond donors (Lipinski definition) is 2. The van der Waals surface area contributed by atoms with Crippen LogP contribution in [-0.4, -0.2) is 26.8 Å². The van der Waals surface area contributed by atoms with Gasteiger partial charge >= 0.3 is 5.97 Å². The molecule has 1 aromatic carbocycles. The van der Waals surface area contributed by atoms with E-state index in [0.29, 0.717) is 15.3 Å². The number of carboxylic acid groups (broad SMARTS) is 1. The van der Waals surface area contributed by atoms with Crippen molar-refractivity contribution in [1.82, 2.24) is 9.97 Å². The van der Waals surface area contributed by atoms with E-state index in [9.17, 15) is 9.18 Å². The number of H-pyrrole nitrogens is 1. The number of nitrogens with zero attached hydrogens (tertiary/aromatic N) is 1. The van der Waals surface area contributed by atoms with E-state index in [4.69, 9.17) is 5.11 Å². The van der Waals surface area contributed by atoms with Crippen molar-refractivity contribution in [2.24, 2.45) is 0 Å². The molecule has 0 radical (unpaired) electrons. The Morgan fingerprint density at radius 2 is 2.33 bits per heavy atom. The van der Waals surface area contributed by atoms with Crippen LogP contribution in [0.1, 0.15) is 0 Å². The third-order valence-corrected chi connectivity index (χ3v) is 3.60. The van der Waals surface area contributed by atoms with Crippen molar-refractivity contribution in [3.05, 3.63) is 34.7 Å². The van der Waals surface area contributed by atoms with Crippen LogP contribution >= 0.6 is 27.7 Å². The molecule has 94 valence electrons. The number of carbonyl (C=O) groups is 1. The van der Waals surface area contributed by atoms with Crippen molar-refractivity contribution < 1.29 is 14.3 Å². The molecule has 1 aromatic heterocycles. The second-order valence-corrected chi connectivity index (χ2v) is 5.23. The maximum Gasteiger partial charge on any atom is 0.313 e. The molecule has 2 rings (SSSR count). The molecule has 0 saturated carbocycles. The number of carboxylic acids is 1. The second kappa shape index (κ2) is 5.53. The van der Waals surface area contributed by atoms with Crippen molar-refractivity contribution in [1.29, 1.82) is 0 Å². The highest BCUT2D eigenvalue weighted by atomic mass is 79.9. The number of imidazole rings is 1. The lowest BCUT2D eigenvalue weighted by atomic mass is 10.2. The highest BCUT2D eigenvalue weighted by Crippen LogP contribution is 2.25. The number of aliphatic carboxylic acids is 1. The lowest BCUT2D eigenvalue weighted by Crippen LogP contribution is -1.97. The summed E-state index contributed by atoms with van der Waals surface area (Å²) in [5.41, 5.74) is 1.49. The maximum absolute atomic E-state index is 13.1.